The van der Waals surface area contributed by atoms with Gasteiger partial charge in [-0.2, -0.15) is 0 Å². The quantitative estimate of drug-likeness (QED) is 0.817. The number of pyridine rings is 1. The van der Waals surface area contributed by atoms with Crippen LogP contribution in [-0.4, -0.2) is 17.1 Å². The van der Waals surface area contributed by atoms with E-state index in [2.05, 4.69) is 23.3 Å². The summed E-state index contributed by atoms with van der Waals surface area (Å²) in [6.45, 7) is 2.98. The molecule has 1 aromatic rings. The Morgan fingerprint density at radius 1 is 1.38 bits per heavy atom. The normalized spacial score (nSPS) is 18.6. The van der Waals surface area contributed by atoms with Crippen LogP contribution in [-0.2, 0) is 6.42 Å². The highest BCUT2D eigenvalue weighted by Gasteiger charge is 2.28. The second-order valence-electron chi connectivity index (χ2n) is 4.83. The van der Waals surface area contributed by atoms with Crippen LogP contribution in [0.5, 0.6) is 0 Å². The third-order valence-corrected chi connectivity index (χ3v) is 3.45. The Morgan fingerprint density at radius 2 is 2.12 bits per heavy atom. The van der Waals surface area contributed by atoms with Crippen molar-refractivity contribution in [2.45, 2.75) is 44.6 Å². The average Bonchev–Trinajstić information content (AvgIpc) is 2.75. The minimum Gasteiger partial charge on any atom is -0.368 e. The van der Waals surface area contributed by atoms with E-state index in [1.54, 1.807) is 0 Å². The Labute approximate surface area is 97.5 Å². The minimum atomic E-state index is -0.00882. The largest absolute Gasteiger partial charge is 0.368 e. The summed E-state index contributed by atoms with van der Waals surface area (Å²) in [4.78, 5) is 4.37. The molecule has 0 radical (unpaired) electrons. The van der Waals surface area contributed by atoms with Gasteiger partial charge in [0.25, 0.3) is 0 Å². The van der Waals surface area contributed by atoms with Crippen LogP contribution in [0.15, 0.2) is 18.3 Å². The van der Waals surface area contributed by atoms with Crippen molar-refractivity contribution in [2.24, 2.45) is 5.73 Å². The fourth-order valence-electron chi connectivity index (χ4n) is 2.26. The van der Waals surface area contributed by atoms with Crippen LogP contribution >= 0.6 is 0 Å². The fourth-order valence-corrected chi connectivity index (χ4v) is 2.26. The molecule has 16 heavy (non-hydrogen) atoms. The maximum Gasteiger partial charge on any atom is 0.125 e. The SMILES string of the molecule is CCc1ccc(NCC2(N)CCCC2)nc1. The lowest BCUT2D eigenvalue weighted by Crippen LogP contribution is -2.43. The lowest BCUT2D eigenvalue weighted by Gasteiger charge is -2.24. The number of aryl methyl sites for hydroxylation is 1. The van der Waals surface area contributed by atoms with Crippen LogP contribution in [0.25, 0.3) is 0 Å². The van der Waals surface area contributed by atoms with E-state index in [1.807, 2.05) is 12.3 Å². The Balaban J connectivity index is 1.89. The van der Waals surface area contributed by atoms with E-state index in [0.717, 1.165) is 31.6 Å². The summed E-state index contributed by atoms with van der Waals surface area (Å²) >= 11 is 0. The highest BCUT2D eigenvalue weighted by Crippen LogP contribution is 2.27. The monoisotopic (exact) mass is 219 g/mol. The Morgan fingerprint density at radius 3 is 2.69 bits per heavy atom. The van der Waals surface area contributed by atoms with E-state index >= 15 is 0 Å². The van der Waals surface area contributed by atoms with Crippen molar-refractivity contribution in [1.82, 2.24) is 4.98 Å². The van der Waals surface area contributed by atoms with Crippen LogP contribution in [0, 0.1) is 0 Å². The summed E-state index contributed by atoms with van der Waals surface area (Å²) in [5.41, 5.74) is 7.54. The molecule has 0 amide bonds. The van der Waals surface area contributed by atoms with Crippen molar-refractivity contribution in [3.05, 3.63) is 23.9 Å². The van der Waals surface area contributed by atoms with Gasteiger partial charge in [-0.1, -0.05) is 25.8 Å². The van der Waals surface area contributed by atoms with Crippen LogP contribution in [0.2, 0.25) is 0 Å². The summed E-state index contributed by atoms with van der Waals surface area (Å²) in [5.74, 6) is 0.939. The van der Waals surface area contributed by atoms with Crippen molar-refractivity contribution in [3.63, 3.8) is 0 Å². The average molecular weight is 219 g/mol. The summed E-state index contributed by atoms with van der Waals surface area (Å²) in [6, 6.07) is 4.16. The molecule has 0 saturated heterocycles. The summed E-state index contributed by atoms with van der Waals surface area (Å²) in [5, 5.41) is 3.34. The van der Waals surface area contributed by atoms with Gasteiger partial charge >= 0.3 is 0 Å². The molecule has 1 aliphatic rings. The predicted octanol–water partition coefficient (Wildman–Crippen LogP) is 2.33. The first kappa shape index (κ1) is 11.4. The number of nitrogens with one attached hydrogen (secondary N) is 1. The zero-order valence-electron chi connectivity index (χ0n) is 10.00. The molecule has 1 saturated carbocycles. The summed E-state index contributed by atoms with van der Waals surface area (Å²) in [7, 11) is 0. The summed E-state index contributed by atoms with van der Waals surface area (Å²) < 4.78 is 0. The molecule has 1 aliphatic carbocycles. The maximum atomic E-state index is 6.27. The first-order valence-corrected chi connectivity index (χ1v) is 6.19. The van der Waals surface area contributed by atoms with E-state index in [4.69, 9.17) is 5.73 Å². The Hall–Kier alpha value is -1.09. The molecule has 3 N–H and O–H groups in total. The van der Waals surface area contributed by atoms with E-state index in [-0.39, 0.29) is 5.54 Å². The van der Waals surface area contributed by atoms with E-state index in [1.165, 1.54) is 18.4 Å². The molecule has 0 aliphatic heterocycles. The molecular weight excluding hydrogens is 198 g/mol. The number of hydrogen-bond donors (Lipinski definition) is 2. The molecule has 3 nitrogen and oxygen atoms in total. The molecule has 1 heterocycles. The van der Waals surface area contributed by atoms with Gasteiger partial charge in [-0.05, 0) is 30.9 Å². The van der Waals surface area contributed by atoms with E-state index < -0.39 is 0 Å². The topological polar surface area (TPSA) is 50.9 Å². The molecule has 1 fully saturated rings. The van der Waals surface area contributed by atoms with Crippen LogP contribution in [0.4, 0.5) is 5.82 Å². The number of hydrogen-bond acceptors (Lipinski definition) is 3. The minimum absolute atomic E-state index is 0.00882. The van der Waals surface area contributed by atoms with Gasteiger partial charge in [0.2, 0.25) is 0 Å². The van der Waals surface area contributed by atoms with Gasteiger partial charge in [0.1, 0.15) is 5.82 Å². The smallest absolute Gasteiger partial charge is 0.125 e. The standard InChI is InChI=1S/C13H21N3/c1-2-11-5-6-12(15-9-11)16-10-13(14)7-3-4-8-13/h5-6,9H,2-4,7-8,10,14H2,1H3,(H,15,16). The number of nitrogens with zero attached hydrogens (tertiary/aromatic N) is 1. The molecule has 0 aromatic carbocycles. The predicted molar refractivity (Wildman–Crippen MR) is 67.5 cm³/mol. The molecular formula is C13H21N3. The lowest BCUT2D eigenvalue weighted by atomic mass is 9.99. The van der Waals surface area contributed by atoms with Crippen molar-refractivity contribution in [3.8, 4) is 0 Å². The molecule has 0 spiro atoms. The number of aromatic nitrogens is 1. The second kappa shape index (κ2) is 4.83. The van der Waals surface area contributed by atoms with Crippen molar-refractivity contribution < 1.29 is 0 Å². The number of rotatable bonds is 4. The van der Waals surface area contributed by atoms with Gasteiger partial charge in [-0.25, -0.2) is 4.98 Å². The van der Waals surface area contributed by atoms with Crippen LogP contribution in [0.3, 0.4) is 0 Å². The van der Waals surface area contributed by atoms with Gasteiger partial charge in [0, 0.05) is 18.3 Å². The first-order valence-electron chi connectivity index (χ1n) is 6.19. The van der Waals surface area contributed by atoms with Gasteiger partial charge in [0.15, 0.2) is 0 Å². The van der Waals surface area contributed by atoms with Gasteiger partial charge in [0.05, 0.1) is 0 Å². The third kappa shape index (κ3) is 2.73. The third-order valence-electron chi connectivity index (χ3n) is 3.45. The molecule has 2 rings (SSSR count). The lowest BCUT2D eigenvalue weighted by molar-refractivity contribution is 0.463. The highest BCUT2D eigenvalue weighted by molar-refractivity contribution is 5.36. The second-order valence-corrected chi connectivity index (χ2v) is 4.83. The van der Waals surface area contributed by atoms with Crippen molar-refractivity contribution in [2.75, 3.05) is 11.9 Å². The zero-order valence-corrected chi connectivity index (χ0v) is 10.00. The fraction of sp³-hybridized carbons (Fsp3) is 0.615. The molecule has 0 bridgehead atoms. The Kier molecular flexibility index (Phi) is 3.44. The molecule has 0 atom stereocenters. The molecule has 88 valence electrons. The van der Waals surface area contributed by atoms with Crippen LogP contribution in [0.1, 0.15) is 38.2 Å². The number of nitrogens with two attached hydrogens (primary N) is 1. The van der Waals surface area contributed by atoms with Gasteiger partial charge < -0.3 is 11.1 Å². The number of anilines is 1. The Bertz CT molecular complexity index is 326. The van der Waals surface area contributed by atoms with E-state index in [0.29, 0.717) is 0 Å². The first-order chi connectivity index (χ1) is 7.72. The van der Waals surface area contributed by atoms with Crippen molar-refractivity contribution in [1.29, 1.82) is 0 Å². The zero-order chi connectivity index (χ0) is 11.4. The maximum absolute atomic E-state index is 6.27. The van der Waals surface area contributed by atoms with Crippen LogP contribution < -0.4 is 11.1 Å². The summed E-state index contributed by atoms with van der Waals surface area (Å²) in [6.07, 6.45) is 7.76. The molecule has 1 aromatic heterocycles. The van der Waals surface area contributed by atoms with E-state index in [9.17, 15) is 0 Å². The van der Waals surface area contributed by atoms with Gasteiger partial charge in [-0.3, -0.25) is 0 Å². The highest BCUT2D eigenvalue weighted by atomic mass is 15.0. The van der Waals surface area contributed by atoms with Crippen molar-refractivity contribution >= 4 is 5.82 Å². The molecule has 3 heteroatoms. The van der Waals surface area contributed by atoms with Gasteiger partial charge in [-0.15, -0.1) is 0 Å². The molecule has 0 unspecified atom stereocenters.